The zero-order chi connectivity index (χ0) is 13.2. The molecule has 7 heteroatoms. The Labute approximate surface area is 97.1 Å². The summed E-state index contributed by atoms with van der Waals surface area (Å²) in [5, 5.41) is 1.66. The van der Waals surface area contributed by atoms with Gasteiger partial charge in [0.15, 0.2) is 0 Å². The van der Waals surface area contributed by atoms with Gasteiger partial charge < -0.3 is 10.2 Å². The predicted octanol–water partition coefficient (Wildman–Crippen LogP) is 1.06. The first-order valence-corrected chi connectivity index (χ1v) is 5.41. The van der Waals surface area contributed by atoms with Crippen molar-refractivity contribution in [1.29, 1.82) is 0 Å². The van der Waals surface area contributed by atoms with Gasteiger partial charge in [0.05, 0.1) is 0 Å². The second-order valence-corrected chi connectivity index (χ2v) is 4.22. The summed E-state index contributed by atoms with van der Waals surface area (Å²) < 4.78 is 36.0. The topological polar surface area (TPSA) is 49.4 Å². The van der Waals surface area contributed by atoms with Crippen molar-refractivity contribution in [3.63, 3.8) is 0 Å². The summed E-state index contributed by atoms with van der Waals surface area (Å²) in [6.07, 6.45) is -3.27. The van der Waals surface area contributed by atoms with E-state index in [1.165, 1.54) is 11.8 Å². The van der Waals surface area contributed by atoms with E-state index in [0.717, 1.165) is 12.8 Å². The van der Waals surface area contributed by atoms with Crippen molar-refractivity contribution in [2.75, 3.05) is 6.54 Å². The van der Waals surface area contributed by atoms with Gasteiger partial charge in [-0.1, -0.05) is 0 Å². The fraction of sp³-hybridized carbons (Fsp3) is 0.800. The van der Waals surface area contributed by atoms with Crippen molar-refractivity contribution >= 4 is 11.8 Å². The van der Waals surface area contributed by atoms with Crippen molar-refractivity contribution in [3.8, 4) is 0 Å². The van der Waals surface area contributed by atoms with Crippen LogP contribution in [0, 0.1) is 0 Å². The number of hydrogen-bond donors (Lipinski definition) is 1. The van der Waals surface area contributed by atoms with E-state index in [0.29, 0.717) is 6.54 Å². The Morgan fingerprint density at radius 1 is 1.41 bits per heavy atom. The molecule has 1 aliphatic rings. The molecule has 1 fully saturated rings. The Hall–Kier alpha value is -1.27. The monoisotopic (exact) mass is 252 g/mol. The van der Waals surface area contributed by atoms with E-state index in [-0.39, 0.29) is 6.04 Å². The minimum atomic E-state index is -4.95. The largest absolute Gasteiger partial charge is 0.471 e. The standard InChI is InChI=1S/C10H15F3N2O2/c1-6-4-3-5-15(6)8(16)7(2)14-9(17)10(11,12)13/h6-7H,3-5H2,1-2H3,(H,14,17). The number of amides is 2. The molecule has 0 radical (unpaired) electrons. The van der Waals surface area contributed by atoms with Gasteiger partial charge in [-0.2, -0.15) is 13.2 Å². The van der Waals surface area contributed by atoms with Gasteiger partial charge in [0, 0.05) is 12.6 Å². The van der Waals surface area contributed by atoms with Crippen LogP contribution >= 0.6 is 0 Å². The van der Waals surface area contributed by atoms with Crippen LogP contribution in [-0.2, 0) is 9.59 Å². The summed E-state index contributed by atoms with van der Waals surface area (Å²) in [7, 11) is 0. The van der Waals surface area contributed by atoms with Crippen LogP contribution in [0.5, 0.6) is 0 Å². The first-order chi connectivity index (χ1) is 7.73. The average Bonchev–Trinajstić information content (AvgIpc) is 2.61. The molecule has 17 heavy (non-hydrogen) atoms. The van der Waals surface area contributed by atoms with Crippen LogP contribution in [0.15, 0.2) is 0 Å². The van der Waals surface area contributed by atoms with E-state index in [1.807, 2.05) is 6.92 Å². The van der Waals surface area contributed by atoms with Crippen LogP contribution in [0.3, 0.4) is 0 Å². The van der Waals surface area contributed by atoms with Gasteiger partial charge in [0.1, 0.15) is 6.04 Å². The van der Waals surface area contributed by atoms with Crippen LogP contribution in [0.25, 0.3) is 0 Å². The van der Waals surface area contributed by atoms with Gasteiger partial charge in [-0.15, -0.1) is 0 Å². The summed E-state index contributed by atoms with van der Waals surface area (Å²) in [5.41, 5.74) is 0. The normalized spacial score (nSPS) is 22.4. The van der Waals surface area contributed by atoms with Crippen molar-refractivity contribution < 1.29 is 22.8 Å². The molecule has 1 heterocycles. The van der Waals surface area contributed by atoms with Gasteiger partial charge >= 0.3 is 12.1 Å². The lowest BCUT2D eigenvalue weighted by atomic mass is 10.2. The third-order valence-electron chi connectivity index (χ3n) is 2.81. The maximum atomic E-state index is 12.0. The molecule has 98 valence electrons. The van der Waals surface area contributed by atoms with E-state index in [9.17, 15) is 22.8 Å². The number of alkyl halides is 3. The van der Waals surface area contributed by atoms with Crippen LogP contribution in [-0.4, -0.2) is 41.5 Å². The van der Waals surface area contributed by atoms with Gasteiger partial charge in [0.2, 0.25) is 5.91 Å². The lowest BCUT2D eigenvalue weighted by molar-refractivity contribution is -0.175. The smallest absolute Gasteiger partial charge is 0.338 e. The molecule has 0 bridgehead atoms. The minimum Gasteiger partial charge on any atom is -0.338 e. The van der Waals surface area contributed by atoms with Gasteiger partial charge in [-0.25, -0.2) is 0 Å². The first-order valence-electron chi connectivity index (χ1n) is 5.41. The van der Waals surface area contributed by atoms with Crippen LogP contribution in [0.4, 0.5) is 13.2 Å². The molecule has 0 aromatic heterocycles. The molecule has 2 unspecified atom stereocenters. The van der Waals surface area contributed by atoms with Crippen molar-refractivity contribution in [2.24, 2.45) is 0 Å². The van der Waals surface area contributed by atoms with Gasteiger partial charge in [-0.3, -0.25) is 9.59 Å². The number of nitrogens with zero attached hydrogens (tertiary/aromatic N) is 1. The van der Waals surface area contributed by atoms with E-state index < -0.39 is 24.0 Å². The molecular weight excluding hydrogens is 237 g/mol. The SMILES string of the molecule is CC(NC(=O)C(F)(F)F)C(=O)N1CCCC1C. The Bertz CT molecular complexity index is 317. The predicted molar refractivity (Wildman–Crippen MR) is 54.1 cm³/mol. The number of carbonyl (C=O) groups is 2. The summed E-state index contributed by atoms with van der Waals surface area (Å²) in [4.78, 5) is 23.9. The lowest BCUT2D eigenvalue weighted by Crippen LogP contribution is -2.51. The molecule has 1 saturated heterocycles. The third kappa shape index (κ3) is 3.34. The molecule has 2 amide bonds. The number of halogens is 3. The summed E-state index contributed by atoms with van der Waals surface area (Å²) >= 11 is 0. The molecule has 1 aliphatic heterocycles. The molecule has 4 nitrogen and oxygen atoms in total. The molecule has 0 spiro atoms. The third-order valence-corrected chi connectivity index (χ3v) is 2.81. The Kier molecular flexibility index (Phi) is 4.00. The maximum Gasteiger partial charge on any atom is 0.471 e. The van der Waals surface area contributed by atoms with Crippen molar-refractivity contribution in [1.82, 2.24) is 10.2 Å². The van der Waals surface area contributed by atoms with Crippen molar-refractivity contribution in [2.45, 2.75) is 44.9 Å². The Morgan fingerprint density at radius 3 is 2.41 bits per heavy atom. The second-order valence-electron chi connectivity index (χ2n) is 4.22. The number of carbonyl (C=O) groups excluding carboxylic acids is 2. The molecule has 1 rings (SSSR count). The molecule has 0 aromatic carbocycles. The summed E-state index contributed by atoms with van der Waals surface area (Å²) in [6, 6.07) is -1.13. The Morgan fingerprint density at radius 2 is 2.00 bits per heavy atom. The highest BCUT2D eigenvalue weighted by Gasteiger charge is 2.40. The van der Waals surface area contributed by atoms with Crippen LogP contribution in [0.1, 0.15) is 26.7 Å². The molecule has 0 saturated carbocycles. The van der Waals surface area contributed by atoms with Gasteiger partial charge in [-0.05, 0) is 26.7 Å². The minimum absolute atomic E-state index is 0.0211. The highest BCUT2D eigenvalue weighted by Crippen LogP contribution is 2.18. The van der Waals surface area contributed by atoms with E-state index in [4.69, 9.17) is 0 Å². The molecular formula is C10H15F3N2O2. The summed E-state index contributed by atoms with van der Waals surface area (Å²) in [6.45, 7) is 3.63. The highest BCUT2D eigenvalue weighted by atomic mass is 19.4. The maximum absolute atomic E-state index is 12.0. The molecule has 0 aliphatic carbocycles. The molecule has 0 aromatic rings. The average molecular weight is 252 g/mol. The number of hydrogen-bond acceptors (Lipinski definition) is 2. The van der Waals surface area contributed by atoms with Crippen molar-refractivity contribution in [3.05, 3.63) is 0 Å². The number of likely N-dealkylation sites (tertiary alicyclic amines) is 1. The van der Waals surface area contributed by atoms with Crippen LogP contribution in [0.2, 0.25) is 0 Å². The zero-order valence-corrected chi connectivity index (χ0v) is 9.67. The van der Waals surface area contributed by atoms with E-state index in [2.05, 4.69) is 0 Å². The fourth-order valence-electron chi connectivity index (χ4n) is 1.85. The molecule has 1 N–H and O–H groups in total. The lowest BCUT2D eigenvalue weighted by Gasteiger charge is -2.25. The first kappa shape index (κ1) is 13.8. The number of rotatable bonds is 2. The second kappa shape index (κ2) is 4.93. The van der Waals surface area contributed by atoms with E-state index in [1.54, 1.807) is 5.32 Å². The zero-order valence-electron chi connectivity index (χ0n) is 9.67. The quantitative estimate of drug-likeness (QED) is 0.799. The van der Waals surface area contributed by atoms with Crippen LogP contribution < -0.4 is 5.32 Å². The fourth-order valence-corrected chi connectivity index (χ4v) is 1.85. The van der Waals surface area contributed by atoms with E-state index >= 15 is 0 Å². The molecule has 2 atom stereocenters. The summed E-state index contributed by atoms with van der Waals surface area (Å²) in [5.74, 6) is -2.54. The van der Waals surface area contributed by atoms with Gasteiger partial charge in [0.25, 0.3) is 0 Å². The Balaban J connectivity index is 2.56. The number of nitrogens with one attached hydrogen (secondary N) is 1. The highest BCUT2D eigenvalue weighted by molar-refractivity contribution is 5.89.